The van der Waals surface area contributed by atoms with E-state index < -0.39 is 5.41 Å². The van der Waals surface area contributed by atoms with Gasteiger partial charge in [0.1, 0.15) is 5.75 Å². The number of methoxy groups -OCH3 is 2. The molecular weight excluding hydrogens is 408 g/mol. The van der Waals surface area contributed by atoms with E-state index in [1.54, 1.807) is 38.5 Å². The van der Waals surface area contributed by atoms with Crippen LogP contribution in [0.5, 0.6) is 17.2 Å². The van der Waals surface area contributed by atoms with Crippen LogP contribution in [-0.2, 0) is 10.2 Å². The molecule has 2 fully saturated rings. The fourth-order valence-corrected chi connectivity index (χ4v) is 4.69. The van der Waals surface area contributed by atoms with Gasteiger partial charge in [0.05, 0.1) is 26.2 Å². The van der Waals surface area contributed by atoms with E-state index >= 15 is 0 Å². The quantitative estimate of drug-likeness (QED) is 0.749. The van der Waals surface area contributed by atoms with Gasteiger partial charge < -0.3 is 24.4 Å². The van der Waals surface area contributed by atoms with Crippen LogP contribution in [0.1, 0.15) is 41.6 Å². The highest BCUT2D eigenvalue weighted by Gasteiger charge is 2.49. The number of amides is 2. The fraction of sp³-hybridized carbons (Fsp3) is 0.440. The largest absolute Gasteiger partial charge is 0.497 e. The molecule has 1 spiro atoms. The first kappa shape index (κ1) is 20.7. The van der Waals surface area contributed by atoms with Gasteiger partial charge in [-0.25, -0.2) is 0 Å². The molecule has 2 aliphatic heterocycles. The van der Waals surface area contributed by atoms with Crippen molar-refractivity contribution in [2.24, 2.45) is 5.92 Å². The van der Waals surface area contributed by atoms with E-state index in [9.17, 15) is 9.59 Å². The van der Waals surface area contributed by atoms with Gasteiger partial charge in [-0.1, -0.05) is 0 Å². The second kappa shape index (κ2) is 8.04. The van der Waals surface area contributed by atoms with Crippen molar-refractivity contribution in [2.75, 3.05) is 39.2 Å². The SMILES string of the molecule is COc1ccc(C(=O)N2CCC3(CC2)C(=O)Nc2cc(OCC4CC4)c(OC)cc23)cc1. The molecule has 5 rings (SSSR count). The highest BCUT2D eigenvalue weighted by Crippen LogP contribution is 2.49. The molecule has 1 saturated carbocycles. The third-order valence-electron chi connectivity index (χ3n) is 6.91. The van der Waals surface area contributed by atoms with Crippen molar-refractivity contribution in [2.45, 2.75) is 31.1 Å². The molecule has 2 amide bonds. The second-order valence-electron chi connectivity index (χ2n) is 8.86. The highest BCUT2D eigenvalue weighted by molar-refractivity contribution is 6.07. The van der Waals surface area contributed by atoms with Crippen molar-refractivity contribution in [1.29, 1.82) is 0 Å². The van der Waals surface area contributed by atoms with Crippen molar-refractivity contribution in [1.82, 2.24) is 4.90 Å². The molecule has 0 aromatic heterocycles. The fourth-order valence-electron chi connectivity index (χ4n) is 4.69. The number of anilines is 1. The number of benzene rings is 2. The summed E-state index contributed by atoms with van der Waals surface area (Å²) in [6.07, 6.45) is 3.55. The molecule has 1 aliphatic carbocycles. The van der Waals surface area contributed by atoms with E-state index in [2.05, 4.69) is 5.32 Å². The Bertz CT molecular complexity index is 1040. The summed E-state index contributed by atoms with van der Waals surface area (Å²) < 4.78 is 16.7. The summed E-state index contributed by atoms with van der Waals surface area (Å²) in [5, 5.41) is 3.05. The van der Waals surface area contributed by atoms with Crippen LogP contribution >= 0.6 is 0 Å². The number of hydrogen-bond acceptors (Lipinski definition) is 5. The van der Waals surface area contributed by atoms with E-state index in [4.69, 9.17) is 14.2 Å². The molecule has 2 aromatic rings. The van der Waals surface area contributed by atoms with Crippen LogP contribution in [0.15, 0.2) is 36.4 Å². The van der Waals surface area contributed by atoms with Gasteiger partial charge in [-0.15, -0.1) is 0 Å². The van der Waals surface area contributed by atoms with Gasteiger partial charge in [0, 0.05) is 30.4 Å². The monoisotopic (exact) mass is 436 g/mol. The van der Waals surface area contributed by atoms with E-state index in [1.165, 1.54) is 12.8 Å². The normalized spacial score (nSPS) is 18.8. The van der Waals surface area contributed by atoms with Crippen LogP contribution in [0.25, 0.3) is 0 Å². The van der Waals surface area contributed by atoms with Gasteiger partial charge in [-0.3, -0.25) is 9.59 Å². The number of fused-ring (bicyclic) bond motifs is 2. The summed E-state index contributed by atoms with van der Waals surface area (Å²) in [7, 11) is 3.22. The van der Waals surface area contributed by atoms with Crippen LogP contribution in [0, 0.1) is 5.92 Å². The molecule has 0 atom stereocenters. The van der Waals surface area contributed by atoms with E-state index in [1.807, 2.05) is 17.0 Å². The van der Waals surface area contributed by atoms with E-state index in [0.29, 0.717) is 61.3 Å². The first-order valence-corrected chi connectivity index (χ1v) is 11.1. The van der Waals surface area contributed by atoms with E-state index in [0.717, 1.165) is 11.3 Å². The summed E-state index contributed by atoms with van der Waals surface area (Å²) >= 11 is 0. The summed E-state index contributed by atoms with van der Waals surface area (Å²) in [6.45, 7) is 1.70. The molecule has 2 aromatic carbocycles. The van der Waals surface area contributed by atoms with Crippen LogP contribution in [0.2, 0.25) is 0 Å². The zero-order valence-electron chi connectivity index (χ0n) is 18.5. The Morgan fingerprint density at radius 1 is 1.06 bits per heavy atom. The second-order valence-corrected chi connectivity index (χ2v) is 8.86. The zero-order chi connectivity index (χ0) is 22.3. The maximum absolute atomic E-state index is 13.1. The van der Waals surface area contributed by atoms with E-state index in [-0.39, 0.29) is 11.8 Å². The minimum absolute atomic E-state index is 0.00885. The van der Waals surface area contributed by atoms with Crippen molar-refractivity contribution in [3.05, 3.63) is 47.5 Å². The number of hydrogen-bond donors (Lipinski definition) is 1. The van der Waals surface area contributed by atoms with Crippen molar-refractivity contribution in [3.63, 3.8) is 0 Å². The Hall–Kier alpha value is -3.22. The lowest BCUT2D eigenvalue weighted by Gasteiger charge is -2.38. The zero-order valence-corrected chi connectivity index (χ0v) is 18.5. The molecule has 7 heteroatoms. The first-order valence-electron chi connectivity index (χ1n) is 11.1. The topological polar surface area (TPSA) is 77.1 Å². The summed E-state index contributed by atoms with van der Waals surface area (Å²) in [5.74, 6) is 2.63. The molecule has 168 valence electrons. The number of rotatable bonds is 6. The lowest BCUT2D eigenvalue weighted by atomic mass is 9.73. The van der Waals surface area contributed by atoms with Crippen LogP contribution in [0.3, 0.4) is 0 Å². The molecule has 2 heterocycles. The molecule has 0 unspecified atom stereocenters. The summed E-state index contributed by atoms with van der Waals surface area (Å²) in [5.41, 5.74) is 1.71. The molecule has 7 nitrogen and oxygen atoms in total. The number of piperidine rings is 1. The highest BCUT2D eigenvalue weighted by atomic mass is 16.5. The molecule has 0 bridgehead atoms. The minimum atomic E-state index is -0.645. The van der Waals surface area contributed by atoms with Gasteiger partial charge in [-0.05, 0) is 67.5 Å². The molecule has 1 N–H and O–H groups in total. The summed E-state index contributed by atoms with van der Waals surface area (Å²) in [4.78, 5) is 27.9. The molecule has 1 saturated heterocycles. The van der Waals surface area contributed by atoms with Crippen LogP contribution < -0.4 is 19.5 Å². The van der Waals surface area contributed by atoms with Gasteiger partial charge in [-0.2, -0.15) is 0 Å². The Balaban J connectivity index is 1.34. The van der Waals surface area contributed by atoms with Crippen molar-refractivity contribution < 1.29 is 23.8 Å². The number of ether oxygens (including phenoxy) is 3. The molecule has 32 heavy (non-hydrogen) atoms. The molecule has 0 radical (unpaired) electrons. The molecule has 3 aliphatic rings. The minimum Gasteiger partial charge on any atom is -0.497 e. The van der Waals surface area contributed by atoms with Gasteiger partial charge in [0.15, 0.2) is 11.5 Å². The Morgan fingerprint density at radius 2 is 1.78 bits per heavy atom. The Kier molecular flexibility index (Phi) is 5.19. The average molecular weight is 437 g/mol. The maximum Gasteiger partial charge on any atom is 0.253 e. The number of nitrogens with one attached hydrogen (secondary N) is 1. The molecular formula is C25H28N2O5. The third-order valence-corrected chi connectivity index (χ3v) is 6.91. The third kappa shape index (κ3) is 3.55. The van der Waals surface area contributed by atoms with Crippen LogP contribution in [0.4, 0.5) is 5.69 Å². The lowest BCUT2D eigenvalue weighted by Crippen LogP contribution is -2.48. The number of carbonyl (C=O) groups excluding carboxylic acids is 2. The van der Waals surface area contributed by atoms with Gasteiger partial charge in [0.2, 0.25) is 5.91 Å². The first-order chi connectivity index (χ1) is 15.5. The number of likely N-dealkylation sites (tertiary alicyclic amines) is 1. The average Bonchev–Trinajstić information content (AvgIpc) is 3.63. The van der Waals surface area contributed by atoms with Crippen LogP contribution in [-0.4, -0.2) is 50.6 Å². The Labute approximate surface area is 187 Å². The lowest BCUT2D eigenvalue weighted by molar-refractivity contribution is -0.122. The smallest absolute Gasteiger partial charge is 0.253 e. The number of nitrogens with zero attached hydrogens (tertiary/aromatic N) is 1. The maximum atomic E-state index is 13.1. The van der Waals surface area contributed by atoms with Crippen molar-refractivity contribution >= 4 is 17.5 Å². The Morgan fingerprint density at radius 3 is 2.41 bits per heavy atom. The predicted octanol–water partition coefficient (Wildman–Crippen LogP) is 3.62. The number of carbonyl (C=O) groups is 2. The van der Waals surface area contributed by atoms with Gasteiger partial charge >= 0.3 is 0 Å². The standard InChI is InChI=1S/C25H28N2O5/c1-30-18-7-5-17(6-8-18)23(28)27-11-9-25(10-12-27)19-13-21(31-2)22(32-15-16-3-4-16)14-20(19)26-24(25)29/h5-8,13-14,16H,3-4,9-12,15H2,1-2H3,(H,26,29). The van der Waals surface area contributed by atoms with Crippen molar-refractivity contribution in [3.8, 4) is 17.2 Å². The van der Waals surface area contributed by atoms with Gasteiger partial charge in [0.25, 0.3) is 5.91 Å². The predicted molar refractivity (Wildman–Crippen MR) is 120 cm³/mol. The summed E-state index contributed by atoms with van der Waals surface area (Å²) in [6, 6.07) is 11.0.